The molecule has 6 heteroatoms. The first-order chi connectivity index (χ1) is 6.49. The first-order valence-electron chi connectivity index (χ1n) is 3.98. The number of nitrogens with one attached hydrogen (secondary N) is 1. The Kier molecular flexibility index (Phi) is 4.14. The van der Waals surface area contributed by atoms with E-state index in [1.807, 2.05) is 24.3 Å². The minimum absolute atomic E-state index is 0.0576. The third-order valence-corrected chi connectivity index (χ3v) is 3.29. The molecule has 0 saturated carbocycles. The van der Waals surface area contributed by atoms with Crippen LogP contribution >= 0.6 is 22.6 Å². The van der Waals surface area contributed by atoms with E-state index in [-0.39, 0.29) is 5.75 Å². The van der Waals surface area contributed by atoms with Crippen LogP contribution in [0.15, 0.2) is 24.3 Å². The van der Waals surface area contributed by atoms with Gasteiger partial charge in [0, 0.05) is 15.8 Å². The molecule has 0 amide bonds. The van der Waals surface area contributed by atoms with Crippen molar-refractivity contribution in [3.8, 4) is 0 Å². The molecular formula is C8H11IN2O2S. The lowest BCUT2D eigenvalue weighted by molar-refractivity contribution is 0.598. The molecule has 4 nitrogen and oxygen atoms in total. The average Bonchev–Trinajstić information content (AvgIpc) is 2.06. The molecule has 3 N–H and O–H groups in total. The second-order valence-corrected chi connectivity index (χ2v) is 5.67. The van der Waals surface area contributed by atoms with Gasteiger partial charge in [0.2, 0.25) is 10.0 Å². The van der Waals surface area contributed by atoms with Gasteiger partial charge in [0.25, 0.3) is 0 Å². The molecule has 78 valence electrons. The molecule has 0 heterocycles. The van der Waals surface area contributed by atoms with Gasteiger partial charge in [0.05, 0.1) is 5.75 Å². The van der Waals surface area contributed by atoms with Gasteiger partial charge in [-0.25, -0.2) is 13.6 Å². The Morgan fingerprint density at radius 2 is 2.00 bits per heavy atom. The summed E-state index contributed by atoms with van der Waals surface area (Å²) < 4.78 is 22.3. The molecule has 0 aliphatic carbocycles. The highest BCUT2D eigenvalue weighted by Gasteiger charge is 2.02. The van der Waals surface area contributed by atoms with Crippen LogP contribution in [0.4, 0.5) is 5.69 Å². The summed E-state index contributed by atoms with van der Waals surface area (Å²) in [6, 6.07) is 7.65. The molecule has 0 bridgehead atoms. The van der Waals surface area contributed by atoms with E-state index in [0.717, 1.165) is 9.26 Å². The van der Waals surface area contributed by atoms with Crippen LogP contribution in [0.1, 0.15) is 0 Å². The molecule has 1 rings (SSSR count). The lowest BCUT2D eigenvalue weighted by atomic mass is 10.3. The fourth-order valence-electron chi connectivity index (χ4n) is 0.933. The fraction of sp³-hybridized carbons (Fsp3) is 0.250. The van der Waals surface area contributed by atoms with E-state index >= 15 is 0 Å². The van der Waals surface area contributed by atoms with Gasteiger partial charge < -0.3 is 5.32 Å². The number of benzene rings is 1. The molecule has 1 aromatic rings. The highest BCUT2D eigenvalue weighted by Crippen LogP contribution is 2.16. The smallest absolute Gasteiger partial charge is 0.210 e. The van der Waals surface area contributed by atoms with E-state index in [1.165, 1.54) is 0 Å². The Labute approximate surface area is 97.1 Å². The minimum Gasteiger partial charge on any atom is -0.383 e. The maximum absolute atomic E-state index is 10.6. The summed E-state index contributed by atoms with van der Waals surface area (Å²) in [7, 11) is -3.37. The Balaban J connectivity index is 2.51. The quantitative estimate of drug-likeness (QED) is 0.811. The van der Waals surface area contributed by atoms with Gasteiger partial charge in [-0.05, 0) is 34.7 Å². The van der Waals surface area contributed by atoms with Crippen molar-refractivity contribution in [1.29, 1.82) is 0 Å². The van der Waals surface area contributed by atoms with Crippen LogP contribution in [0.3, 0.4) is 0 Å². The van der Waals surface area contributed by atoms with Gasteiger partial charge in [-0.3, -0.25) is 0 Å². The van der Waals surface area contributed by atoms with Crippen molar-refractivity contribution in [1.82, 2.24) is 0 Å². The third kappa shape index (κ3) is 4.25. The normalized spacial score (nSPS) is 11.3. The molecule has 0 radical (unpaired) electrons. The molecule has 0 aromatic heterocycles. The van der Waals surface area contributed by atoms with Gasteiger partial charge in [-0.15, -0.1) is 0 Å². The van der Waals surface area contributed by atoms with Crippen LogP contribution < -0.4 is 10.5 Å². The van der Waals surface area contributed by atoms with Gasteiger partial charge in [0.1, 0.15) is 0 Å². The zero-order valence-electron chi connectivity index (χ0n) is 7.40. The summed E-state index contributed by atoms with van der Waals surface area (Å²) in [6.45, 7) is 0.332. The van der Waals surface area contributed by atoms with Crippen LogP contribution in [-0.2, 0) is 10.0 Å². The van der Waals surface area contributed by atoms with E-state index in [9.17, 15) is 8.42 Å². The molecule has 0 aliphatic heterocycles. The van der Waals surface area contributed by atoms with Crippen molar-refractivity contribution in [2.24, 2.45) is 5.14 Å². The molecule has 0 fully saturated rings. The summed E-state index contributed by atoms with van der Waals surface area (Å²) in [5, 5.41) is 7.87. The highest BCUT2D eigenvalue weighted by atomic mass is 127. The first-order valence-corrected chi connectivity index (χ1v) is 6.77. The summed E-state index contributed by atoms with van der Waals surface area (Å²) in [5.41, 5.74) is 0.928. The Bertz CT molecular complexity index is 406. The number of hydrogen-bond acceptors (Lipinski definition) is 3. The number of halogens is 1. The Morgan fingerprint density at radius 1 is 1.36 bits per heavy atom. The second-order valence-electron chi connectivity index (χ2n) is 2.77. The maximum Gasteiger partial charge on any atom is 0.210 e. The van der Waals surface area contributed by atoms with Crippen LogP contribution in [-0.4, -0.2) is 20.7 Å². The maximum atomic E-state index is 10.6. The first kappa shape index (κ1) is 11.7. The van der Waals surface area contributed by atoms with Crippen LogP contribution in [0.2, 0.25) is 0 Å². The van der Waals surface area contributed by atoms with Crippen molar-refractivity contribution >= 4 is 38.3 Å². The van der Waals surface area contributed by atoms with E-state index in [1.54, 1.807) is 0 Å². The minimum atomic E-state index is -3.37. The summed E-state index contributed by atoms with van der Waals surface area (Å²) in [6.07, 6.45) is 0. The molecule has 0 saturated heterocycles. The summed E-state index contributed by atoms with van der Waals surface area (Å²) in [4.78, 5) is 0. The molecule has 0 aliphatic rings. The zero-order valence-corrected chi connectivity index (χ0v) is 10.4. The molecule has 14 heavy (non-hydrogen) atoms. The summed E-state index contributed by atoms with van der Waals surface area (Å²) in [5.74, 6) is -0.0576. The van der Waals surface area contributed by atoms with E-state index < -0.39 is 10.0 Å². The second kappa shape index (κ2) is 4.94. The monoisotopic (exact) mass is 326 g/mol. The number of nitrogens with two attached hydrogens (primary N) is 1. The lowest BCUT2D eigenvalue weighted by Crippen LogP contribution is -2.22. The van der Waals surface area contributed by atoms with E-state index in [0.29, 0.717) is 6.54 Å². The standard InChI is InChI=1S/C8H11IN2O2S/c9-7-3-1-2-4-8(7)11-5-6-14(10,12)13/h1-4,11H,5-6H2,(H2,10,12,13). The predicted octanol–water partition coefficient (Wildman–Crippen LogP) is 0.992. The molecule has 0 spiro atoms. The van der Waals surface area contributed by atoms with Gasteiger partial charge >= 0.3 is 0 Å². The van der Waals surface area contributed by atoms with Crippen molar-refractivity contribution < 1.29 is 8.42 Å². The van der Waals surface area contributed by atoms with Gasteiger partial charge in [-0.1, -0.05) is 12.1 Å². The predicted molar refractivity (Wildman–Crippen MR) is 65.6 cm³/mol. The molecule has 1 aromatic carbocycles. The number of rotatable bonds is 4. The fourth-order valence-corrected chi connectivity index (χ4v) is 1.90. The molecule has 0 atom stereocenters. The van der Waals surface area contributed by atoms with E-state index in [2.05, 4.69) is 27.9 Å². The van der Waals surface area contributed by atoms with E-state index in [4.69, 9.17) is 5.14 Å². The Hall–Kier alpha value is -0.340. The number of sulfonamides is 1. The van der Waals surface area contributed by atoms with Crippen molar-refractivity contribution in [3.05, 3.63) is 27.8 Å². The highest BCUT2D eigenvalue weighted by molar-refractivity contribution is 14.1. The molecule has 0 unspecified atom stereocenters. The lowest BCUT2D eigenvalue weighted by Gasteiger charge is -2.06. The zero-order chi connectivity index (χ0) is 10.6. The van der Waals surface area contributed by atoms with Crippen molar-refractivity contribution in [2.75, 3.05) is 17.6 Å². The number of para-hydroxylation sites is 1. The number of primary sulfonamides is 1. The SMILES string of the molecule is NS(=O)(=O)CCNc1ccccc1I. The van der Waals surface area contributed by atoms with Crippen molar-refractivity contribution in [2.45, 2.75) is 0 Å². The number of hydrogen-bond donors (Lipinski definition) is 2. The third-order valence-electron chi connectivity index (χ3n) is 1.58. The van der Waals surface area contributed by atoms with Crippen molar-refractivity contribution in [3.63, 3.8) is 0 Å². The van der Waals surface area contributed by atoms with Gasteiger partial charge in [0.15, 0.2) is 0 Å². The Morgan fingerprint density at radius 3 is 2.57 bits per heavy atom. The van der Waals surface area contributed by atoms with Crippen LogP contribution in [0.5, 0.6) is 0 Å². The topological polar surface area (TPSA) is 72.2 Å². The van der Waals surface area contributed by atoms with Crippen LogP contribution in [0, 0.1) is 3.57 Å². The largest absolute Gasteiger partial charge is 0.383 e. The number of anilines is 1. The van der Waals surface area contributed by atoms with Crippen LogP contribution in [0.25, 0.3) is 0 Å². The molecular weight excluding hydrogens is 315 g/mol. The van der Waals surface area contributed by atoms with Gasteiger partial charge in [-0.2, -0.15) is 0 Å². The average molecular weight is 326 g/mol. The summed E-state index contributed by atoms with van der Waals surface area (Å²) >= 11 is 2.18.